The Balaban J connectivity index is 3.99. The smallest absolute Gasteiger partial charge is 0.340 e. The molecule has 1 aromatic carbocycles. The van der Waals surface area contributed by atoms with Crippen LogP contribution in [0.2, 0.25) is 0 Å². The van der Waals surface area contributed by atoms with Crippen molar-refractivity contribution in [1.82, 2.24) is 0 Å². The van der Waals surface area contributed by atoms with Crippen molar-refractivity contribution in [3.63, 3.8) is 0 Å². The molecule has 0 radical (unpaired) electrons. The minimum Gasteiger partial charge on any atom is -0.504 e. The summed E-state index contributed by atoms with van der Waals surface area (Å²) in [5, 5.41) is 53.8. The third-order valence-corrected chi connectivity index (χ3v) is 2.06. The fraction of sp³-hybridized carbons (Fsp3) is 0. The summed E-state index contributed by atoms with van der Waals surface area (Å²) in [5.41, 5.74) is -3.98. The van der Waals surface area contributed by atoms with Crippen LogP contribution in [-0.2, 0) is 0 Å². The predicted molar refractivity (Wildman–Crippen MR) is 52.3 cm³/mol. The van der Waals surface area contributed by atoms with Crippen molar-refractivity contribution in [3.05, 3.63) is 16.7 Å². The molecule has 18 heavy (non-hydrogen) atoms. The number of phenols is 3. The van der Waals surface area contributed by atoms with E-state index in [-0.39, 0.29) is 0 Å². The van der Waals surface area contributed by atoms with Gasteiger partial charge in [0, 0.05) is 0 Å². The second kappa shape index (κ2) is 4.13. The molecule has 1 rings (SSSR count). The molecule has 0 amide bonds. The highest BCUT2D eigenvalue weighted by Crippen LogP contribution is 2.43. The third-order valence-electron chi connectivity index (χ3n) is 2.06. The predicted octanol–water partition coefficient (Wildman–Crippen LogP) is -0.102. The Morgan fingerprint density at radius 2 is 0.833 bits per heavy atom. The van der Waals surface area contributed by atoms with Crippen LogP contribution in [-0.4, -0.2) is 48.5 Å². The van der Waals surface area contributed by atoms with E-state index in [1.165, 1.54) is 0 Å². The van der Waals surface area contributed by atoms with Crippen LogP contribution in [0.15, 0.2) is 0 Å². The normalized spacial score (nSPS) is 10.0. The number of hydrogen-bond donors (Lipinski definition) is 6. The van der Waals surface area contributed by atoms with Crippen molar-refractivity contribution in [2.45, 2.75) is 0 Å². The topological polar surface area (TPSA) is 173 Å². The van der Waals surface area contributed by atoms with Crippen LogP contribution in [0.1, 0.15) is 31.1 Å². The molecule has 9 heteroatoms. The van der Waals surface area contributed by atoms with E-state index in [1.54, 1.807) is 0 Å². The number of carboxylic acids is 3. The van der Waals surface area contributed by atoms with E-state index in [0.29, 0.717) is 0 Å². The summed E-state index contributed by atoms with van der Waals surface area (Å²) in [4.78, 5) is 32.4. The first-order chi connectivity index (χ1) is 8.20. The molecule has 0 aliphatic carbocycles. The molecule has 0 atom stereocenters. The van der Waals surface area contributed by atoms with E-state index in [4.69, 9.17) is 20.4 Å². The lowest BCUT2D eigenvalue weighted by atomic mass is 9.98. The van der Waals surface area contributed by atoms with Gasteiger partial charge in [0.15, 0.2) is 11.5 Å². The first-order valence-corrected chi connectivity index (χ1v) is 4.20. The van der Waals surface area contributed by atoms with Gasteiger partial charge in [-0.3, -0.25) is 0 Å². The molecule has 0 aliphatic heterocycles. The fourth-order valence-electron chi connectivity index (χ4n) is 1.34. The van der Waals surface area contributed by atoms with Crippen molar-refractivity contribution in [2.75, 3.05) is 0 Å². The SMILES string of the molecule is O=C(O)c1c(O)c(O)c(O)c(C(=O)O)c1C(=O)O. The molecular formula is C9H6O9. The number of hydrogen-bond acceptors (Lipinski definition) is 6. The van der Waals surface area contributed by atoms with Crippen molar-refractivity contribution in [1.29, 1.82) is 0 Å². The zero-order chi connectivity index (χ0) is 14.2. The van der Waals surface area contributed by atoms with E-state index in [1.807, 2.05) is 0 Å². The highest BCUT2D eigenvalue weighted by atomic mass is 16.4. The van der Waals surface area contributed by atoms with Crippen molar-refractivity contribution in [3.8, 4) is 17.2 Å². The number of carbonyl (C=O) groups is 3. The number of benzene rings is 1. The maximum atomic E-state index is 10.8. The zero-order valence-electron chi connectivity index (χ0n) is 8.41. The minimum absolute atomic E-state index is 1.32. The Morgan fingerprint density at radius 3 is 1.06 bits per heavy atom. The Labute approximate surface area is 97.8 Å². The maximum absolute atomic E-state index is 10.8. The van der Waals surface area contributed by atoms with Crippen molar-refractivity contribution in [2.24, 2.45) is 0 Å². The van der Waals surface area contributed by atoms with Crippen LogP contribution < -0.4 is 0 Å². The molecule has 1 aromatic rings. The van der Waals surface area contributed by atoms with Gasteiger partial charge in [0.05, 0.1) is 5.56 Å². The van der Waals surface area contributed by atoms with Gasteiger partial charge in [0.1, 0.15) is 11.1 Å². The second-order valence-electron chi connectivity index (χ2n) is 3.09. The number of aromatic hydroxyl groups is 3. The molecule has 0 unspecified atom stereocenters. The molecule has 0 aromatic heterocycles. The highest BCUT2D eigenvalue weighted by Gasteiger charge is 2.34. The molecule has 96 valence electrons. The van der Waals surface area contributed by atoms with Gasteiger partial charge in [-0.25, -0.2) is 14.4 Å². The van der Waals surface area contributed by atoms with Crippen LogP contribution in [0.5, 0.6) is 17.2 Å². The largest absolute Gasteiger partial charge is 0.504 e. The van der Waals surface area contributed by atoms with Gasteiger partial charge in [-0.15, -0.1) is 0 Å². The summed E-state index contributed by atoms with van der Waals surface area (Å²) in [6, 6.07) is 0. The molecule has 0 fully saturated rings. The van der Waals surface area contributed by atoms with Gasteiger partial charge in [-0.2, -0.15) is 0 Å². The summed E-state index contributed by atoms with van der Waals surface area (Å²) in [6.07, 6.45) is 0. The quantitative estimate of drug-likeness (QED) is 0.404. The Bertz CT molecular complexity index is 531. The molecular weight excluding hydrogens is 252 g/mol. The van der Waals surface area contributed by atoms with Crippen molar-refractivity contribution >= 4 is 17.9 Å². The van der Waals surface area contributed by atoms with Gasteiger partial charge in [0.25, 0.3) is 0 Å². The Hall–Kier alpha value is -2.97. The average molecular weight is 258 g/mol. The summed E-state index contributed by atoms with van der Waals surface area (Å²) < 4.78 is 0. The van der Waals surface area contributed by atoms with Crippen LogP contribution in [0.3, 0.4) is 0 Å². The fourth-order valence-corrected chi connectivity index (χ4v) is 1.34. The van der Waals surface area contributed by atoms with Crippen LogP contribution in [0, 0.1) is 0 Å². The van der Waals surface area contributed by atoms with Gasteiger partial charge < -0.3 is 30.6 Å². The van der Waals surface area contributed by atoms with Crippen molar-refractivity contribution < 1.29 is 45.0 Å². The van der Waals surface area contributed by atoms with Crippen LogP contribution >= 0.6 is 0 Å². The van der Waals surface area contributed by atoms with Gasteiger partial charge in [-0.1, -0.05) is 0 Å². The van der Waals surface area contributed by atoms with E-state index in [0.717, 1.165) is 0 Å². The molecule has 0 aliphatic rings. The molecule has 0 bridgehead atoms. The van der Waals surface area contributed by atoms with Crippen LogP contribution in [0.4, 0.5) is 0 Å². The standard InChI is InChI=1S/C9H6O9/c10-4-2(8(15)16)1(7(13)14)3(9(17)18)5(11)6(4)12/h10-12H,(H,13,14)(H,15,16)(H,17,18). The third kappa shape index (κ3) is 1.73. The number of carboxylic acid groups (broad SMARTS) is 3. The summed E-state index contributed by atoms with van der Waals surface area (Å²) >= 11 is 0. The van der Waals surface area contributed by atoms with Gasteiger partial charge in [0.2, 0.25) is 5.75 Å². The average Bonchev–Trinajstić information content (AvgIpc) is 2.23. The lowest BCUT2D eigenvalue weighted by Crippen LogP contribution is -2.15. The number of phenolic OH excluding ortho intramolecular Hbond substituents is 1. The molecule has 6 N–H and O–H groups in total. The first kappa shape index (κ1) is 13.1. The molecule has 0 saturated heterocycles. The highest BCUT2D eigenvalue weighted by molar-refractivity contribution is 6.12. The van der Waals surface area contributed by atoms with E-state index in [9.17, 15) is 24.6 Å². The monoisotopic (exact) mass is 258 g/mol. The van der Waals surface area contributed by atoms with Gasteiger partial charge >= 0.3 is 17.9 Å². The summed E-state index contributed by atoms with van der Waals surface area (Å²) in [7, 11) is 0. The number of aromatic carboxylic acids is 3. The Kier molecular flexibility index (Phi) is 3.00. The molecule has 0 spiro atoms. The molecule has 0 heterocycles. The van der Waals surface area contributed by atoms with E-state index in [2.05, 4.69) is 0 Å². The minimum atomic E-state index is -1.99. The van der Waals surface area contributed by atoms with E-state index < -0.39 is 51.8 Å². The summed E-state index contributed by atoms with van der Waals surface area (Å²) in [5.74, 6) is -10.2. The van der Waals surface area contributed by atoms with Crippen LogP contribution in [0.25, 0.3) is 0 Å². The maximum Gasteiger partial charge on any atom is 0.340 e. The second-order valence-corrected chi connectivity index (χ2v) is 3.09. The van der Waals surface area contributed by atoms with Gasteiger partial charge in [-0.05, 0) is 0 Å². The van der Waals surface area contributed by atoms with E-state index >= 15 is 0 Å². The lowest BCUT2D eigenvalue weighted by Gasteiger charge is -2.11. The zero-order valence-corrected chi connectivity index (χ0v) is 8.41. The first-order valence-electron chi connectivity index (χ1n) is 4.20. The summed E-state index contributed by atoms with van der Waals surface area (Å²) in [6.45, 7) is 0. The lowest BCUT2D eigenvalue weighted by molar-refractivity contribution is 0.0627. The Morgan fingerprint density at radius 1 is 0.556 bits per heavy atom. The number of rotatable bonds is 3. The molecule has 0 saturated carbocycles. The molecule has 9 nitrogen and oxygen atoms in total.